The summed E-state index contributed by atoms with van der Waals surface area (Å²) in [6.07, 6.45) is 4.67. The standard InChI is InChI=1S/C11H19NO/c1-11(2)7-9(11)12(3)10(13)8-5-4-6-8/h8-9H,4-7H2,1-3H3. The van der Waals surface area contributed by atoms with Gasteiger partial charge in [0.05, 0.1) is 0 Å². The topological polar surface area (TPSA) is 20.3 Å². The molecule has 2 fully saturated rings. The molecule has 2 heteroatoms. The second-order valence-electron chi connectivity index (χ2n) is 5.29. The van der Waals surface area contributed by atoms with E-state index >= 15 is 0 Å². The van der Waals surface area contributed by atoms with E-state index in [2.05, 4.69) is 13.8 Å². The number of hydrogen-bond acceptors (Lipinski definition) is 1. The van der Waals surface area contributed by atoms with Crippen molar-refractivity contribution in [2.45, 2.75) is 45.6 Å². The van der Waals surface area contributed by atoms with Gasteiger partial charge in [0.2, 0.25) is 5.91 Å². The highest BCUT2D eigenvalue weighted by Gasteiger charge is 2.50. The van der Waals surface area contributed by atoms with Gasteiger partial charge >= 0.3 is 0 Å². The average Bonchev–Trinajstić information content (AvgIpc) is 2.54. The van der Waals surface area contributed by atoms with E-state index in [-0.39, 0.29) is 0 Å². The Morgan fingerprint density at radius 3 is 2.23 bits per heavy atom. The second kappa shape index (κ2) is 2.73. The van der Waals surface area contributed by atoms with E-state index in [9.17, 15) is 4.79 Å². The van der Waals surface area contributed by atoms with E-state index in [1.165, 1.54) is 12.8 Å². The van der Waals surface area contributed by atoms with Crippen molar-refractivity contribution in [3.63, 3.8) is 0 Å². The number of carbonyl (C=O) groups excluding carboxylic acids is 1. The van der Waals surface area contributed by atoms with Crippen LogP contribution in [0.15, 0.2) is 0 Å². The molecule has 1 unspecified atom stereocenters. The molecular weight excluding hydrogens is 162 g/mol. The van der Waals surface area contributed by atoms with E-state index in [1.807, 2.05) is 11.9 Å². The molecule has 2 aliphatic carbocycles. The predicted octanol–water partition coefficient (Wildman–Crippen LogP) is 2.04. The molecule has 74 valence electrons. The molecule has 0 bridgehead atoms. The highest BCUT2D eigenvalue weighted by atomic mass is 16.2. The van der Waals surface area contributed by atoms with Crippen molar-refractivity contribution >= 4 is 5.91 Å². The second-order valence-corrected chi connectivity index (χ2v) is 5.29. The maximum Gasteiger partial charge on any atom is 0.225 e. The van der Waals surface area contributed by atoms with E-state index in [0.717, 1.165) is 12.8 Å². The summed E-state index contributed by atoms with van der Waals surface area (Å²) in [6, 6.07) is 0.514. The first kappa shape index (κ1) is 9.04. The Morgan fingerprint density at radius 1 is 1.38 bits per heavy atom. The van der Waals surface area contributed by atoms with Gasteiger partial charge in [0, 0.05) is 19.0 Å². The van der Waals surface area contributed by atoms with Crippen LogP contribution < -0.4 is 0 Å². The SMILES string of the molecule is CN(C(=O)C1CCC1)C1CC1(C)C. The molecule has 0 saturated heterocycles. The van der Waals surface area contributed by atoms with Crippen molar-refractivity contribution in [2.24, 2.45) is 11.3 Å². The number of hydrogen-bond donors (Lipinski definition) is 0. The van der Waals surface area contributed by atoms with E-state index in [4.69, 9.17) is 0 Å². The molecule has 0 N–H and O–H groups in total. The molecule has 2 saturated carbocycles. The summed E-state index contributed by atoms with van der Waals surface area (Å²) in [5, 5.41) is 0. The Labute approximate surface area is 80.3 Å². The van der Waals surface area contributed by atoms with Gasteiger partial charge in [0.25, 0.3) is 0 Å². The molecule has 0 aliphatic heterocycles. The van der Waals surface area contributed by atoms with Gasteiger partial charge in [-0.25, -0.2) is 0 Å². The Kier molecular flexibility index (Phi) is 1.90. The van der Waals surface area contributed by atoms with E-state index in [1.54, 1.807) is 0 Å². The molecule has 0 spiro atoms. The molecule has 1 amide bonds. The summed E-state index contributed by atoms with van der Waals surface area (Å²) >= 11 is 0. The Balaban J connectivity index is 1.90. The van der Waals surface area contributed by atoms with Crippen LogP contribution in [0.5, 0.6) is 0 Å². The lowest BCUT2D eigenvalue weighted by atomic mass is 9.84. The fourth-order valence-electron chi connectivity index (χ4n) is 2.20. The van der Waals surface area contributed by atoms with Gasteiger partial charge in [0.15, 0.2) is 0 Å². The molecule has 2 rings (SSSR count). The summed E-state index contributed by atoms with van der Waals surface area (Å²) in [7, 11) is 1.97. The average molecular weight is 181 g/mol. The van der Waals surface area contributed by atoms with Crippen molar-refractivity contribution in [3.05, 3.63) is 0 Å². The van der Waals surface area contributed by atoms with Crippen LogP contribution in [0.3, 0.4) is 0 Å². The number of carbonyl (C=O) groups is 1. The normalized spacial score (nSPS) is 30.8. The smallest absolute Gasteiger partial charge is 0.225 e. The van der Waals surface area contributed by atoms with Gasteiger partial charge in [-0.15, -0.1) is 0 Å². The van der Waals surface area contributed by atoms with Gasteiger partial charge in [0.1, 0.15) is 0 Å². The first-order chi connectivity index (χ1) is 6.02. The summed E-state index contributed by atoms with van der Waals surface area (Å²) in [5.41, 5.74) is 0.383. The third-order valence-corrected chi connectivity index (χ3v) is 3.73. The highest BCUT2D eigenvalue weighted by Crippen LogP contribution is 2.48. The first-order valence-electron chi connectivity index (χ1n) is 5.29. The molecule has 1 atom stereocenters. The predicted molar refractivity (Wildman–Crippen MR) is 52.3 cm³/mol. The zero-order valence-electron chi connectivity index (χ0n) is 8.84. The fraction of sp³-hybridized carbons (Fsp3) is 0.909. The maximum absolute atomic E-state index is 11.8. The van der Waals surface area contributed by atoms with Gasteiger partial charge in [-0.3, -0.25) is 4.79 Å². The molecular formula is C11H19NO. The van der Waals surface area contributed by atoms with E-state index < -0.39 is 0 Å². The van der Waals surface area contributed by atoms with Crippen molar-refractivity contribution < 1.29 is 4.79 Å². The van der Waals surface area contributed by atoms with Crippen LogP contribution in [0.25, 0.3) is 0 Å². The molecule has 2 aliphatic rings. The van der Waals surface area contributed by atoms with Crippen molar-refractivity contribution in [2.75, 3.05) is 7.05 Å². The highest BCUT2D eigenvalue weighted by molar-refractivity contribution is 5.80. The molecule has 0 heterocycles. The van der Waals surface area contributed by atoms with Gasteiger partial charge < -0.3 is 4.90 Å². The fourth-order valence-corrected chi connectivity index (χ4v) is 2.20. The number of nitrogens with zero attached hydrogens (tertiary/aromatic N) is 1. The zero-order chi connectivity index (χ0) is 9.64. The Bertz CT molecular complexity index is 230. The van der Waals surface area contributed by atoms with Crippen molar-refractivity contribution in [1.82, 2.24) is 4.90 Å². The lowest BCUT2D eigenvalue weighted by molar-refractivity contribution is -0.137. The summed E-state index contributed by atoms with van der Waals surface area (Å²) in [4.78, 5) is 13.8. The number of rotatable bonds is 2. The largest absolute Gasteiger partial charge is 0.342 e. The van der Waals surface area contributed by atoms with Crippen LogP contribution in [-0.4, -0.2) is 23.9 Å². The van der Waals surface area contributed by atoms with Gasteiger partial charge in [-0.2, -0.15) is 0 Å². The summed E-state index contributed by atoms with van der Waals surface area (Å²) in [6.45, 7) is 4.48. The van der Waals surface area contributed by atoms with Gasteiger partial charge in [-0.1, -0.05) is 20.3 Å². The summed E-state index contributed by atoms with van der Waals surface area (Å²) in [5.74, 6) is 0.753. The van der Waals surface area contributed by atoms with Crippen LogP contribution >= 0.6 is 0 Å². The number of amides is 1. The minimum atomic E-state index is 0.362. The van der Waals surface area contributed by atoms with Crippen molar-refractivity contribution in [3.8, 4) is 0 Å². The van der Waals surface area contributed by atoms with Crippen LogP contribution in [0.2, 0.25) is 0 Å². The molecule has 0 aromatic carbocycles. The monoisotopic (exact) mass is 181 g/mol. The quantitative estimate of drug-likeness (QED) is 0.638. The maximum atomic E-state index is 11.8. The minimum Gasteiger partial charge on any atom is -0.342 e. The molecule has 0 radical (unpaired) electrons. The lowest BCUT2D eigenvalue weighted by Crippen LogP contribution is -2.38. The third kappa shape index (κ3) is 1.47. The van der Waals surface area contributed by atoms with Crippen LogP contribution in [-0.2, 0) is 4.79 Å². The molecule has 0 aromatic rings. The van der Waals surface area contributed by atoms with Crippen molar-refractivity contribution in [1.29, 1.82) is 0 Å². The zero-order valence-corrected chi connectivity index (χ0v) is 8.84. The van der Waals surface area contributed by atoms with Crippen LogP contribution in [0.1, 0.15) is 39.5 Å². The molecule has 2 nitrogen and oxygen atoms in total. The van der Waals surface area contributed by atoms with Gasteiger partial charge in [-0.05, 0) is 24.7 Å². The third-order valence-electron chi connectivity index (χ3n) is 3.73. The molecule has 13 heavy (non-hydrogen) atoms. The Morgan fingerprint density at radius 2 is 1.92 bits per heavy atom. The van der Waals surface area contributed by atoms with E-state index in [0.29, 0.717) is 23.3 Å². The van der Waals surface area contributed by atoms with Crippen LogP contribution in [0.4, 0.5) is 0 Å². The summed E-state index contributed by atoms with van der Waals surface area (Å²) < 4.78 is 0. The van der Waals surface area contributed by atoms with Crippen LogP contribution in [0, 0.1) is 11.3 Å². The molecule has 0 aromatic heterocycles. The lowest BCUT2D eigenvalue weighted by Gasteiger charge is -2.30. The first-order valence-corrected chi connectivity index (χ1v) is 5.29. The minimum absolute atomic E-state index is 0.362. The Hall–Kier alpha value is -0.530.